The zero-order valence-corrected chi connectivity index (χ0v) is 18.1. The van der Waals surface area contributed by atoms with Gasteiger partial charge in [0.1, 0.15) is 5.54 Å². The summed E-state index contributed by atoms with van der Waals surface area (Å²) < 4.78 is 0.236. The molecule has 4 bridgehead atoms. The van der Waals surface area contributed by atoms with Crippen LogP contribution in [0.4, 0.5) is 10.5 Å². The third kappa shape index (κ3) is 3.27. The molecule has 1 aromatic carbocycles. The number of benzene rings is 1. The number of rotatable bonds is 4. The molecule has 6 nitrogen and oxygen atoms in total. The van der Waals surface area contributed by atoms with E-state index in [9.17, 15) is 14.4 Å². The molecule has 5 fully saturated rings. The van der Waals surface area contributed by atoms with E-state index in [1.165, 1.54) is 19.3 Å². The Balaban J connectivity index is 1.31. The van der Waals surface area contributed by atoms with Crippen molar-refractivity contribution in [2.75, 3.05) is 5.32 Å². The van der Waals surface area contributed by atoms with E-state index in [0.29, 0.717) is 17.7 Å². The third-order valence-corrected chi connectivity index (χ3v) is 8.34. The summed E-state index contributed by atoms with van der Waals surface area (Å²) in [5.74, 6) is 1.14. The average molecular weight is 460 g/mol. The van der Waals surface area contributed by atoms with Gasteiger partial charge in [-0.05, 0) is 80.4 Å². The van der Waals surface area contributed by atoms with Gasteiger partial charge in [-0.25, -0.2) is 4.79 Å². The van der Waals surface area contributed by atoms with Crippen molar-refractivity contribution in [3.8, 4) is 0 Å². The van der Waals surface area contributed by atoms with Crippen molar-refractivity contribution in [2.24, 2.45) is 17.3 Å². The minimum absolute atomic E-state index is 0.0327. The zero-order chi connectivity index (χ0) is 20.4. The van der Waals surface area contributed by atoms with Gasteiger partial charge in [-0.15, -0.1) is 0 Å². The second-order valence-electron chi connectivity index (χ2n) is 9.95. The molecule has 0 aromatic heterocycles. The molecule has 3 atom stereocenters. The van der Waals surface area contributed by atoms with Gasteiger partial charge in [-0.3, -0.25) is 14.9 Å². The van der Waals surface area contributed by atoms with E-state index in [4.69, 9.17) is 0 Å². The summed E-state index contributed by atoms with van der Waals surface area (Å²) >= 11 is 4.01. The van der Waals surface area contributed by atoms with Crippen LogP contribution in [0.15, 0.2) is 24.3 Å². The molecule has 7 heteroatoms. The fourth-order valence-corrected chi connectivity index (χ4v) is 8.25. The number of halogens is 1. The van der Waals surface area contributed by atoms with Crippen LogP contribution in [0, 0.1) is 17.3 Å². The van der Waals surface area contributed by atoms with E-state index >= 15 is 0 Å². The van der Waals surface area contributed by atoms with Crippen LogP contribution in [0.25, 0.3) is 0 Å². The highest BCUT2D eigenvalue weighted by Gasteiger charge is 2.57. The first kappa shape index (κ1) is 19.1. The molecule has 5 aliphatic rings. The molecule has 3 unspecified atom stereocenters. The van der Waals surface area contributed by atoms with E-state index in [-0.39, 0.29) is 21.6 Å². The van der Waals surface area contributed by atoms with Gasteiger partial charge < -0.3 is 10.6 Å². The van der Waals surface area contributed by atoms with Gasteiger partial charge in [-0.1, -0.05) is 28.1 Å². The van der Waals surface area contributed by atoms with Crippen molar-refractivity contribution in [1.29, 1.82) is 0 Å². The van der Waals surface area contributed by atoms with E-state index in [2.05, 4.69) is 31.9 Å². The molecule has 4 aliphatic carbocycles. The highest BCUT2D eigenvalue weighted by Crippen LogP contribution is 2.65. The standard InChI is InChI=1S/C22H26BrN3O3/c1-20(18(28)25-19(29)26-20)15-3-2-4-16(6-15)24-17(27)11-21-7-13-5-14(8-21)10-22(23,9-13)12-21/h2-4,6,13-14H,5,7-12H2,1H3,(H,24,27)(H2,25,26,28,29). The largest absolute Gasteiger partial charge is 0.326 e. The SMILES string of the molecule is CC1(c2cccc(NC(=O)CC34CC5CC(CC(Br)(C5)C3)C4)c2)NC(=O)NC1=O. The molecular weight excluding hydrogens is 434 g/mol. The Labute approximate surface area is 178 Å². The number of carbonyl (C=O) groups excluding carboxylic acids is 3. The van der Waals surface area contributed by atoms with Crippen molar-refractivity contribution < 1.29 is 14.4 Å². The number of alkyl halides is 1. The molecular formula is C22H26BrN3O3. The lowest BCUT2D eigenvalue weighted by Gasteiger charge is -2.60. The molecule has 3 N–H and O–H groups in total. The van der Waals surface area contributed by atoms with Gasteiger partial charge in [0, 0.05) is 16.4 Å². The molecule has 1 saturated heterocycles. The summed E-state index contributed by atoms with van der Waals surface area (Å²) in [6, 6.07) is 6.68. The molecule has 0 radical (unpaired) electrons. The molecule has 154 valence electrons. The van der Waals surface area contributed by atoms with E-state index in [1.807, 2.05) is 6.07 Å². The monoisotopic (exact) mass is 459 g/mol. The normalized spacial score (nSPS) is 39.9. The number of amides is 4. The topological polar surface area (TPSA) is 87.3 Å². The maximum Gasteiger partial charge on any atom is 0.322 e. The fourth-order valence-electron chi connectivity index (χ4n) is 6.74. The maximum absolute atomic E-state index is 13.0. The number of anilines is 1. The highest BCUT2D eigenvalue weighted by atomic mass is 79.9. The van der Waals surface area contributed by atoms with Crippen LogP contribution in [0.5, 0.6) is 0 Å². The predicted octanol–water partition coefficient (Wildman–Crippen LogP) is 3.80. The minimum atomic E-state index is -1.12. The minimum Gasteiger partial charge on any atom is -0.326 e. The van der Waals surface area contributed by atoms with E-state index in [0.717, 1.165) is 31.1 Å². The van der Waals surface area contributed by atoms with Crippen LogP contribution in [0.3, 0.4) is 0 Å². The second kappa shape index (κ2) is 6.30. The summed E-state index contributed by atoms with van der Waals surface area (Å²) in [6.07, 6.45) is 7.79. The average Bonchev–Trinajstić information content (AvgIpc) is 2.85. The van der Waals surface area contributed by atoms with Crippen molar-refractivity contribution in [3.05, 3.63) is 29.8 Å². The first-order chi connectivity index (χ1) is 13.7. The lowest BCUT2D eigenvalue weighted by molar-refractivity contribution is -0.124. The van der Waals surface area contributed by atoms with Crippen molar-refractivity contribution in [2.45, 2.75) is 61.7 Å². The number of imide groups is 1. The van der Waals surface area contributed by atoms with E-state index < -0.39 is 11.6 Å². The fraction of sp³-hybridized carbons (Fsp3) is 0.591. The summed E-state index contributed by atoms with van der Waals surface area (Å²) in [5, 5.41) is 7.98. The van der Waals surface area contributed by atoms with Crippen molar-refractivity contribution in [1.82, 2.24) is 10.6 Å². The Morgan fingerprint density at radius 2 is 1.93 bits per heavy atom. The molecule has 1 aliphatic heterocycles. The van der Waals surface area contributed by atoms with Gasteiger partial charge in [-0.2, -0.15) is 0 Å². The number of hydrogen-bond acceptors (Lipinski definition) is 3. The highest BCUT2D eigenvalue weighted by molar-refractivity contribution is 9.10. The molecule has 0 spiro atoms. The quantitative estimate of drug-likeness (QED) is 0.472. The second-order valence-corrected chi connectivity index (χ2v) is 11.6. The van der Waals surface area contributed by atoms with Crippen LogP contribution < -0.4 is 16.0 Å². The lowest BCUT2D eigenvalue weighted by atomic mass is 9.48. The smallest absolute Gasteiger partial charge is 0.322 e. The summed E-state index contributed by atoms with van der Waals surface area (Å²) in [7, 11) is 0. The number of hydrogen-bond donors (Lipinski definition) is 3. The van der Waals surface area contributed by atoms with Gasteiger partial charge >= 0.3 is 6.03 Å². The lowest BCUT2D eigenvalue weighted by Crippen LogP contribution is -2.53. The number of carbonyl (C=O) groups is 3. The van der Waals surface area contributed by atoms with Gasteiger partial charge in [0.05, 0.1) is 0 Å². The molecule has 6 rings (SSSR count). The summed E-state index contributed by atoms with van der Waals surface area (Å²) in [5.41, 5.74) is 0.287. The van der Waals surface area contributed by atoms with Crippen LogP contribution in [-0.4, -0.2) is 22.2 Å². The van der Waals surface area contributed by atoms with Crippen molar-refractivity contribution in [3.63, 3.8) is 0 Å². The molecule has 29 heavy (non-hydrogen) atoms. The summed E-state index contributed by atoms with van der Waals surface area (Å²) in [4.78, 5) is 36.7. The third-order valence-electron chi connectivity index (χ3n) is 7.41. The Morgan fingerprint density at radius 1 is 1.21 bits per heavy atom. The van der Waals surface area contributed by atoms with E-state index in [1.54, 1.807) is 25.1 Å². The van der Waals surface area contributed by atoms with Crippen LogP contribution in [0.2, 0.25) is 0 Å². The van der Waals surface area contributed by atoms with Crippen molar-refractivity contribution >= 4 is 39.5 Å². The molecule has 4 saturated carbocycles. The summed E-state index contributed by atoms with van der Waals surface area (Å²) in [6.45, 7) is 1.67. The van der Waals surface area contributed by atoms with Crippen LogP contribution >= 0.6 is 15.9 Å². The van der Waals surface area contributed by atoms with Gasteiger partial charge in [0.15, 0.2) is 0 Å². The maximum atomic E-state index is 13.0. The Hall–Kier alpha value is -1.89. The first-order valence-corrected chi connectivity index (χ1v) is 11.2. The Bertz CT molecular complexity index is 902. The Morgan fingerprint density at radius 3 is 2.55 bits per heavy atom. The predicted molar refractivity (Wildman–Crippen MR) is 112 cm³/mol. The zero-order valence-electron chi connectivity index (χ0n) is 16.5. The first-order valence-electron chi connectivity index (χ1n) is 10.4. The Kier molecular flexibility index (Phi) is 4.15. The molecule has 1 aromatic rings. The number of urea groups is 1. The number of nitrogens with one attached hydrogen (secondary N) is 3. The van der Waals surface area contributed by atoms with Gasteiger partial charge in [0.25, 0.3) is 5.91 Å². The van der Waals surface area contributed by atoms with Crippen LogP contribution in [-0.2, 0) is 15.1 Å². The van der Waals surface area contributed by atoms with Gasteiger partial charge in [0.2, 0.25) is 5.91 Å². The van der Waals surface area contributed by atoms with Crippen LogP contribution in [0.1, 0.15) is 57.4 Å². The molecule has 1 heterocycles. The molecule has 4 amide bonds.